The average Bonchev–Trinajstić information content (AvgIpc) is 2.45. The number of carbonyl (C=O) groups is 2. The zero-order chi connectivity index (χ0) is 18.6. The van der Waals surface area contributed by atoms with Gasteiger partial charge in [0.05, 0.1) is 11.9 Å². The van der Waals surface area contributed by atoms with Gasteiger partial charge in [-0.2, -0.15) is 0 Å². The molecule has 0 saturated heterocycles. The van der Waals surface area contributed by atoms with Crippen molar-refractivity contribution < 1.29 is 27.9 Å². The summed E-state index contributed by atoms with van der Waals surface area (Å²) >= 11 is 0. The summed E-state index contributed by atoms with van der Waals surface area (Å²) in [6.45, 7) is 7.65. The number of sulfone groups is 1. The van der Waals surface area contributed by atoms with Gasteiger partial charge < -0.3 is 15.2 Å². The van der Waals surface area contributed by atoms with Crippen LogP contribution in [0.5, 0.6) is 0 Å². The predicted molar refractivity (Wildman–Crippen MR) is 90.5 cm³/mol. The second-order valence-corrected chi connectivity index (χ2v) is 9.11. The van der Waals surface area contributed by atoms with Crippen LogP contribution in [0.1, 0.15) is 53.4 Å². The van der Waals surface area contributed by atoms with Crippen molar-refractivity contribution in [3.05, 3.63) is 0 Å². The number of carboxylic acid groups (broad SMARTS) is 1. The monoisotopic (exact) mass is 363 g/mol. The number of hydrogen-bond acceptors (Lipinski definition) is 5. The number of carbonyl (C=O) groups excluding carboxylic acids is 1. The lowest BCUT2D eigenvalue weighted by atomic mass is 9.54. The Kier molecular flexibility index (Phi) is 6.81. The predicted octanol–water partition coefficient (Wildman–Crippen LogP) is 1.37. The Morgan fingerprint density at radius 3 is 2.33 bits per heavy atom. The summed E-state index contributed by atoms with van der Waals surface area (Å²) in [7, 11) is -3.53. The number of unbranched alkanes of at least 4 members (excludes halogenated alkanes) is 2. The Morgan fingerprint density at radius 1 is 1.25 bits per heavy atom. The van der Waals surface area contributed by atoms with E-state index in [1.807, 2.05) is 13.8 Å². The van der Waals surface area contributed by atoms with Crippen molar-refractivity contribution in [3.8, 4) is 0 Å². The van der Waals surface area contributed by atoms with Gasteiger partial charge in [0, 0.05) is 18.4 Å². The van der Waals surface area contributed by atoms with Gasteiger partial charge in [-0.1, -0.05) is 33.6 Å². The maximum atomic E-state index is 12.2. The van der Waals surface area contributed by atoms with Gasteiger partial charge in [0.1, 0.15) is 11.3 Å². The molecule has 0 aromatic rings. The Hall–Kier alpha value is -1.15. The lowest BCUT2D eigenvalue weighted by Crippen LogP contribution is -2.76. The van der Waals surface area contributed by atoms with Crippen LogP contribution in [0.2, 0.25) is 0 Å². The minimum atomic E-state index is -3.53. The van der Waals surface area contributed by atoms with E-state index in [1.165, 1.54) is 0 Å². The molecule has 1 aliphatic rings. The van der Waals surface area contributed by atoms with E-state index >= 15 is 0 Å². The van der Waals surface area contributed by atoms with Crippen LogP contribution in [0.15, 0.2) is 0 Å². The molecular formula is C16H29NO6S. The lowest BCUT2D eigenvalue weighted by Gasteiger charge is -2.58. The second-order valence-electron chi connectivity index (χ2n) is 6.93. The molecule has 0 spiro atoms. The van der Waals surface area contributed by atoms with Gasteiger partial charge in [0.15, 0.2) is 9.84 Å². The fraction of sp³-hybridized carbons (Fsp3) is 0.875. The van der Waals surface area contributed by atoms with Crippen LogP contribution in [-0.2, 0) is 24.2 Å². The van der Waals surface area contributed by atoms with E-state index in [4.69, 9.17) is 4.74 Å². The van der Waals surface area contributed by atoms with Gasteiger partial charge in [-0.25, -0.2) is 13.2 Å². The third-order valence-electron chi connectivity index (χ3n) is 4.89. The van der Waals surface area contributed by atoms with Crippen molar-refractivity contribution >= 4 is 21.7 Å². The molecule has 2 unspecified atom stereocenters. The highest BCUT2D eigenvalue weighted by Gasteiger charge is 2.66. The molecule has 0 bridgehead atoms. The number of carboxylic acids is 1. The van der Waals surface area contributed by atoms with Crippen molar-refractivity contribution in [3.63, 3.8) is 0 Å². The van der Waals surface area contributed by atoms with E-state index in [1.54, 1.807) is 13.8 Å². The number of rotatable bonds is 10. The van der Waals surface area contributed by atoms with Crippen molar-refractivity contribution in [2.24, 2.45) is 5.41 Å². The molecule has 0 aromatic carbocycles. The van der Waals surface area contributed by atoms with E-state index in [-0.39, 0.29) is 18.3 Å². The Bertz CT molecular complexity index is 571. The van der Waals surface area contributed by atoms with Crippen LogP contribution in [-0.4, -0.2) is 55.2 Å². The topological polar surface area (TPSA) is 110 Å². The van der Waals surface area contributed by atoms with Crippen LogP contribution in [0.3, 0.4) is 0 Å². The third-order valence-corrected chi connectivity index (χ3v) is 6.50. The first-order valence-corrected chi connectivity index (χ1v) is 10.2. The molecule has 8 heteroatoms. The molecule has 24 heavy (non-hydrogen) atoms. The molecule has 0 aromatic heterocycles. The smallest absolute Gasteiger partial charge is 0.330 e. The molecule has 7 nitrogen and oxygen atoms in total. The largest absolute Gasteiger partial charge is 0.479 e. The number of aliphatic carboxylic acids is 1. The molecule has 0 heterocycles. The maximum absolute atomic E-state index is 12.2. The zero-order valence-electron chi connectivity index (χ0n) is 14.9. The lowest BCUT2D eigenvalue weighted by molar-refractivity contribution is -0.194. The minimum Gasteiger partial charge on any atom is -0.479 e. The first kappa shape index (κ1) is 20.9. The number of nitrogens with one attached hydrogen (secondary N) is 1. The first-order chi connectivity index (χ1) is 11.0. The highest BCUT2D eigenvalue weighted by Crippen LogP contribution is 2.51. The molecular weight excluding hydrogens is 334 g/mol. The van der Waals surface area contributed by atoms with Gasteiger partial charge >= 0.3 is 5.97 Å². The van der Waals surface area contributed by atoms with E-state index in [0.29, 0.717) is 13.0 Å². The van der Waals surface area contributed by atoms with Gasteiger partial charge in [0.2, 0.25) is 5.91 Å². The molecule has 1 aliphatic carbocycles. The quantitative estimate of drug-likeness (QED) is 0.567. The van der Waals surface area contributed by atoms with Crippen LogP contribution in [0.25, 0.3) is 0 Å². The molecule has 1 saturated carbocycles. The molecule has 1 rings (SSSR count). The highest BCUT2D eigenvalue weighted by atomic mass is 32.2. The van der Waals surface area contributed by atoms with Crippen LogP contribution in [0, 0.1) is 5.41 Å². The van der Waals surface area contributed by atoms with E-state index in [9.17, 15) is 23.1 Å². The summed E-state index contributed by atoms with van der Waals surface area (Å²) in [5.41, 5.74) is -2.32. The summed E-state index contributed by atoms with van der Waals surface area (Å²) in [5.74, 6) is -2.67. The SMILES string of the molecule is CCCCCS(=O)(=O)CC(=O)NC1(C(=O)O)CC(OCC)C1(C)C. The van der Waals surface area contributed by atoms with Crippen molar-refractivity contribution in [2.75, 3.05) is 18.1 Å². The van der Waals surface area contributed by atoms with Gasteiger partial charge in [-0.15, -0.1) is 0 Å². The Morgan fingerprint density at radius 2 is 1.88 bits per heavy atom. The number of ether oxygens (including phenoxy) is 1. The van der Waals surface area contributed by atoms with E-state index in [0.717, 1.165) is 12.8 Å². The summed E-state index contributed by atoms with van der Waals surface area (Å²) in [6.07, 6.45) is 2.01. The second kappa shape index (κ2) is 7.82. The van der Waals surface area contributed by atoms with Crippen LogP contribution < -0.4 is 5.32 Å². The van der Waals surface area contributed by atoms with E-state index in [2.05, 4.69) is 5.32 Å². The van der Waals surface area contributed by atoms with Crippen LogP contribution >= 0.6 is 0 Å². The van der Waals surface area contributed by atoms with E-state index < -0.39 is 38.4 Å². The standard InChI is InChI=1S/C16H29NO6S/c1-5-7-8-9-24(21,22)11-13(18)17-16(14(19)20)10-12(23-6-2)15(16,3)4/h12H,5-11H2,1-4H3,(H,17,18)(H,19,20). The van der Waals surface area contributed by atoms with Gasteiger partial charge in [-0.05, 0) is 13.3 Å². The summed E-state index contributed by atoms with van der Waals surface area (Å²) in [4.78, 5) is 23.9. The first-order valence-electron chi connectivity index (χ1n) is 8.39. The average molecular weight is 363 g/mol. The molecule has 1 fully saturated rings. The van der Waals surface area contributed by atoms with Gasteiger partial charge in [-0.3, -0.25) is 4.79 Å². The zero-order valence-corrected chi connectivity index (χ0v) is 15.7. The van der Waals surface area contributed by atoms with Crippen molar-refractivity contribution in [2.45, 2.75) is 65.0 Å². The molecule has 0 radical (unpaired) electrons. The summed E-state index contributed by atoms with van der Waals surface area (Å²) < 4.78 is 29.5. The number of amides is 1. The highest BCUT2D eigenvalue weighted by molar-refractivity contribution is 7.92. The maximum Gasteiger partial charge on any atom is 0.330 e. The van der Waals surface area contributed by atoms with Crippen molar-refractivity contribution in [1.29, 1.82) is 0 Å². The summed E-state index contributed by atoms with van der Waals surface area (Å²) in [6, 6.07) is 0. The molecule has 2 N–H and O–H groups in total. The fourth-order valence-corrected chi connectivity index (χ4v) is 4.41. The third kappa shape index (κ3) is 4.27. The number of hydrogen-bond donors (Lipinski definition) is 2. The minimum absolute atomic E-state index is 0.0563. The molecule has 0 aliphatic heterocycles. The molecule has 1 amide bonds. The molecule has 140 valence electrons. The Labute approximate surface area is 144 Å². The Balaban J connectivity index is 2.77. The normalized spacial score (nSPS) is 25.8. The summed E-state index contributed by atoms with van der Waals surface area (Å²) in [5, 5.41) is 12.1. The fourth-order valence-electron chi connectivity index (χ4n) is 3.15. The van der Waals surface area contributed by atoms with Crippen LogP contribution in [0.4, 0.5) is 0 Å². The molecule has 2 atom stereocenters. The van der Waals surface area contributed by atoms with Gasteiger partial charge in [0.25, 0.3) is 0 Å². The van der Waals surface area contributed by atoms with Crippen molar-refractivity contribution in [1.82, 2.24) is 5.32 Å².